The first-order valence-corrected chi connectivity index (χ1v) is 6.40. The number of aromatic nitrogens is 1. The second-order valence-electron chi connectivity index (χ2n) is 3.56. The molecule has 5 heteroatoms. The van der Waals surface area contributed by atoms with E-state index >= 15 is 0 Å². The Kier molecular flexibility index (Phi) is 3.76. The molecule has 0 radical (unpaired) electrons. The molecule has 0 aliphatic carbocycles. The van der Waals surface area contributed by atoms with Gasteiger partial charge < -0.3 is 11.5 Å². The van der Waals surface area contributed by atoms with Gasteiger partial charge in [-0.15, -0.1) is 11.8 Å². The number of benzene rings is 1. The van der Waals surface area contributed by atoms with Gasteiger partial charge in [0.1, 0.15) is 5.82 Å². The zero-order valence-electron chi connectivity index (χ0n) is 9.06. The Morgan fingerprint density at radius 3 is 2.71 bits per heavy atom. The Balaban J connectivity index is 2.07. The maximum absolute atomic E-state index is 5.92. The molecule has 4 N–H and O–H groups in total. The molecule has 0 spiro atoms. The van der Waals surface area contributed by atoms with Crippen LogP contribution < -0.4 is 11.5 Å². The predicted octanol–water partition coefficient (Wildman–Crippen LogP) is 3.19. The molecule has 3 nitrogen and oxygen atoms in total. The van der Waals surface area contributed by atoms with Gasteiger partial charge in [-0.3, -0.25) is 0 Å². The fraction of sp³-hybridized carbons (Fsp3) is 0.0833. The molecule has 0 atom stereocenters. The third-order valence-electron chi connectivity index (χ3n) is 2.22. The molecular weight excluding hydrogens is 254 g/mol. The van der Waals surface area contributed by atoms with Crippen LogP contribution in [0.1, 0.15) is 5.56 Å². The van der Waals surface area contributed by atoms with Gasteiger partial charge in [-0.1, -0.05) is 17.7 Å². The van der Waals surface area contributed by atoms with Gasteiger partial charge in [0.15, 0.2) is 0 Å². The summed E-state index contributed by atoms with van der Waals surface area (Å²) >= 11 is 7.55. The Labute approximate surface area is 109 Å². The van der Waals surface area contributed by atoms with Crippen molar-refractivity contribution in [3.8, 4) is 0 Å². The van der Waals surface area contributed by atoms with Crippen LogP contribution in [0, 0.1) is 0 Å². The highest BCUT2D eigenvalue weighted by Gasteiger charge is 2.02. The molecule has 0 unspecified atom stereocenters. The van der Waals surface area contributed by atoms with Crippen LogP contribution in [0.5, 0.6) is 0 Å². The van der Waals surface area contributed by atoms with Crippen molar-refractivity contribution >= 4 is 34.9 Å². The molecule has 0 saturated carbocycles. The molecule has 0 bridgehead atoms. The summed E-state index contributed by atoms with van der Waals surface area (Å²) in [5.41, 5.74) is 13.2. The van der Waals surface area contributed by atoms with Crippen LogP contribution in [0.15, 0.2) is 41.4 Å². The van der Waals surface area contributed by atoms with Crippen LogP contribution >= 0.6 is 23.4 Å². The van der Waals surface area contributed by atoms with E-state index in [1.54, 1.807) is 30.1 Å². The number of hydrogen-bond acceptors (Lipinski definition) is 4. The fourth-order valence-corrected chi connectivity index (χ4v) is 2.49. The van der Waals surface area contributed by atoms with Crippen LogP contribution in [0.4, 0.5) is 11.5 Å². The zero-order chi connectivity index (χ0) is 12.3. The first-order valence-electron chi connectivity index (χ1n) is 5.03. The highest BCUT2D eigenvalue weighted by Crippen LogP contribution is 2.30. The number of thioether (sulfide) groups is 1. The lowest BCUT2D eigenvalue weighted by Crippen LogP contribution is -1.91. The van der Waals surface area contributed by atoms with E-state index in [1.807, 2.05) is 18.2 Å². The van der Waals surface area contributed by atoms with Gasteiger partial charge >= 0.3 is 0 Å². The number of halogens is 1. The zero-order valence-corrected chi connectivity index (χ0v) is 10.6. The van der Waals surface area contributed by atoms with Crippen LogP contribution in [0.25, 0.3) is 0 Å². The van der Waals surface area contributed by atoms with Crippen molar-refractivity contribution in [2.45, 2.75) is 10.6 Å². The lowest BCUT2D eigenvalue weighted by molar-refractivity contribution is 1.26. The lowest BCUT2D eigenvalue weighted by atomic mass is 10.3. The summed E-state index contributed by atoms with van der Waals surface area (Å²) in [5, 5.41) is 0.692. The Morgan fingerprint density at radius 2 is 2.00 bits per heavy atom. The standard InChI is InChI=1S/C12H12ClN3S/c13-9-2-3-10(14)11(5-9)17-7-8-1-4-12(15)16-6-8/h1-6H,7,14H2,(H2,15,16). The average Bonchev–Trinajstić information content (AvgIpc) is 2.32. The quantitative estimate of drug-likeness (QED) is 0.661. The number of nitrogens with zero attached hydrogens (tertiary/aromatic N) is 1. The first-order chi connectivity index (χ1) is 8.15. The van der Waals surface area contributed by atoms with Gasteiger partial charge in [0.05, 0.1) is 0 Å². The van der Waals surface area contributed by atoms with Crippen molar-refractivity contribution in [1.29, 1.82) is 0 Å². The largest absolute Gasteiger partial charge is 0.398 e. The molecule has 88 valence electrons. The molecule has 0 aliphatic rings. The van der Waals surface area contributed by atoms with E-state index in [4.69, 9.17) is 23.1 Å². The van der Waals surface area contributed by atoms with E-state index in [-0.39, 0.29) is 0 Å². The molecule has 0 amide bonds. The molecule has 2 rings (SSSR count). The highest BCUT2D eigenvalue weighted by molar-refractivity contribution is 7.98. The minimum Gasteiger partial charge on any atom is -0.398 e. The van der Waals surface area contributed by atoms with Crippen molar-refractivity contribution < 1.29 is 0 Å². The number of hydrogen-bond donors (Lipinski definition) is 2. The summed E-state index contributed by atoms with van der Waals surface area (Å²) in [7, 11) is 0. The molecular formula is C12H12ClN3S. The second kappa shape index (κ2) is 5.29. The summed E-state index contributed by atoms with van der Waals surface area (Å²) in [5.74, 6) is 1.32. The maximum Gasteiger partial charge on any atom is 0.123 e. The monoisotopic (exact) mass is 265 g/mol. The number of rotatable bonds is 3. The second-order valence-corrected chi connectivity index (χ2v) is 5.02. The lowest BCUT2D eigenvalue weighted by Gasteiger charge is -2.06. The third kappa shape index (κ3) is 3.28. The van der Waals surface area contributed by atoms with E-state index in [0.29, 0.717) is 10.8 Å². The molecule has 1 aromatic carbocycles. The van der Waals surface area contributed by atoms with Crippen molar-refractivity contribution in [3.63, 3.8) is 0 Å². The van der Waals surface area contributed by atoms with Gasteiger partial charge in [-0.2, -0.15) is 0 Å². The Bertz CT molecular complexity index is 514. The third-order valence-corrected chi connectivity index (χ3v) is 3.59. The summed E-state index contributed by atoms with van der Waals surface area (Å²) < 4.78 is 0. The number of anilines is 2. The molecule has 0 fully saturated rings. The van der Waals surface area contributed by atoms with Crippen LogP contribution in [-0.4, -0.2) is 4.98 Å². The minimum absolute atomic E-state index is 0.529. The van der Waals surface area contributed by atoms with E-state index in [0.717, 1.165) is 21.9 Å². The number of nitrogens with two attached hydrogens (primary N) is 2. The van der Waals surface area contributed by atoms with Gasteiger partial charge in [0.2, 0.25) is 0 Å². The van der Waals surface area contributed by atoms with Crippen molar-refractivity contribution in [2.24, 2.45) is 0 Å². The van der Waals surface area contributed by atoms with Crippen LogP contribution in [0.3, 0.4) is 0 Å². The van der Waals surface area contributed by atoms with Gasteiger partial charge in [-0.25, -0.2) is 4.98 Å². The van der Waals surface area contributed by atoms with E-state index < -0.39 is 0 Å². The van der Waals surface area contributed by atoms with Gasteiger partial charge in [0, 0.05) is 27.6 Å². The maximum atomic E-state index is 5.92. The fourth-order valence-electron chi connectivity index (χ4n) is 1.32. The number of nitrogen functional groups attached to an aromatic ring is 2. The Hall–Kier alpha value is -1.39. The summed E-state index contributed by atoms with van der Waals surface area (Å²) in [6, 6.07) is 9.21. The van der Waals surface area contributed by atoms with Crippen LogP contribution in [-0.2, 0) is 5.75 Å². The van der Waals surface area contributed by atoms with Crippen LogP contribution in [0.2, 0.25) is 5.02 Å². The molecule has 0 aliphatic heterocycles. The van der Waals surface area contributed by atoms with E-state index in [9.17, 15) is 0 Å². The molecule has 0 saturated heterocycles. The highest BCUT2D eigenvalue weighted by atomic mass is 35.5. The van der Waals surface area contributed by atoms with E-state index in [1.165, 1.54) is 0 Å². The predicted molar refractivity (Wildman–Crippen MR) is 74.1 cm³/mol. The van der Waals surface area contributed by atoms with E-state index in [2.05, 4.69) is 4.98 Å². The molecule has 2 aromatic rings. The topological polar surface area (TPSA) is 64.9 Å². The van der Waals surface area contributed by atoms with Gasteiger partial charge in [-0.05, 0) is 29.8 Å². The Morgan fingerprint density at radius 1 is 1.18 bits per heavy atom. The summed E-state index contributed by atoms with van der Waals surface area (Å²) in [6.45, 7) is 0. The first kappa shape index (κ1) is 12.1. The summed E-state index contributed by atoms with van der Waals surface area (Å²) in [4.78, 5) is 5.02. The minimum atomic E-state index is 0.529. The summed E-state index contributed by atoms with van der Waals surface area (Å²) in [6.07, 6.45) is 1.77. The molecule has 1 aromatic heterocycles. The SMILES string of the molecule is Nc1ccc(CSc2cc(Cl)ccc2N)cn1. The smallest absolute Gasteiger partial charge is 0.123 e. The normalized spacial score (nSPS) is 10.4. The molecule has 17 heavy (non-hydrogen) atoms. The van der Waals surface area contributed by atoms with Gasteiger partial charge in [0.25, 0.3) is 0 Å². The molecule has 1 heterocycles. The van der Waals surface area contributed by atoms with Crippen molar-refractivity contribution in [1.82, 2.24) is 4.98 Å². The average molecular weight is 266 g/mol. The number of pyridine rings is 1. The van der Waals surface area contributed by atoms with Crippen molar-refractivity contribution in [2.75, 3.05) is 11.5 Å². The van der Waals surface area contributed by atoms with Crippen molar-refractivity contribution in [3.05, 3.63) is 47.1 Å².